The molecule has 1 aromatic carbocycles. The second-order valence-corrected chi connectivity index (χ2v) is 6.82. The standard InChI is InChI=1S/C19H15F3N4O4.ClH/c20-9-1-2-14(12(21)5-9)26-8-15(30-19(28)29)16(27)11-6-13(22)18(24-17(11)26)25-4-3-10(23)7-25;/h1-2,5-6,8,10H,3-4,7,23H2,(H,28,29);1H. The third-order valence-electron chi connectivity index (χ3n) is 4.77. The normalized spacial score (nSPS) is 15.7. The van der Waals surface area contributed by atoms with Crippen LogP contribution in [0.4, 0.5) is 23.8 Å². The van der Waals surface area contributed by atoms with Gasteiger partial charge in [0.2, 0.25) is 5.43 Å². The molecule has 1 saturated heterocycles. The molecule has 1 atom stereocenters. The first-order valence-corrected chi connectivity index (χ1v) is 8.87. The number of nitrogens with zero attached hydrogens (tertiary/aromatic N) is 3. The average Bonchev–Trinajstić information content (AvgIpc) is 3.10. The SMILES string of the molecule is Cl.NC1CCN(c2nc3c(cc2F)c(=O)c(OC(=O)O)cn3-c2ccc(F)cc2F)C1. The summed E-state index contributed by atoms with van der Waals surface area (Å²) in [6.45, 7) is 0.775. The Bertz CT molecular complexity index is 1240. The molecule has 1 aliphatic rings. The minimum atomic E-state index is -1.78. The minimum Gasteiger partial charge on any atom is -0.449 e. The fourth-order valence-electron chi connectivity index (χ4n) is 3.42. The molecule has 0 spiro atoms. The lowest BCUT2D eigenvalue weighted by atomic mass is 10.2. The minimum absolute atomic E-state index is 0. The number of nitrogens with two attached hydrogens (primary N) is 1. The maximum absolute atomic E-state index is 14.8. The zero-order valence-corrected chi connectivity index (χ0v) is 16.5. The first kappa shape index (κ1) is 22.4. The number of pyridine rings is 2. The van der Waals surface area contributed by atoms with Crippen LogP contribution in [0, 0.1) is 17.5 Å². The van der Waals surface area contributed by atoms with Gasteiger partial charge in [0.1, 0.15) is 11.6 Å². The van der Waals surface area contributed by atoms with Gasteiger partial charge in [-0.15, -0.1) is 12.4 Å². The highest BCUT2D eigenvalue weighted by Crippen LogP contribution is 2.27. The van der Waals surface area contributed by atoms with Crippen LogP contribution in [0.3, 0.4) is 0 Å². The summed E-state index contributed by atoms with van der Waals surface area (Å²) >= 11 is 0. The molecule has 164 valence electrons. The van der Waals surface area contributed by atoms with Crippen molar-refractivity contribution in [2.45, 2.75) is 12.5 Å². The van der Waals surface area contributed by atoms with E-state index >= 15 is 0 Å². The lowest BCUT2D eigenvalue weighted by molar-refractivity contribution is 0.144. The van der Waals surface area contributed by atoms with Gasteiger partial charge in [-0.25, -0.2) is 22.9 Å². The molecule has 2 aromatic heterocycles. The van der Waals surface area contributed by atoms with Gasteiger partial charge in [-0.2, -0.15) is 0 Å². The molecule has 3 aromatic rings. The number of hydrogen-bond acceptors (Lipinski definition) is 6. The van der Waals surface area contributed by atoms with Crippen LogP contribution in [0.25, 0.3) is 16.7 Å². The van der Waals surface area contributed by atoms with Crippen LogP contribution in [0.1, 0.15) is 6.42 Å². The van der Waals surface area contributed by atoms with E-state index in [1.165, 1.54) is 0 Å². The molecule has 1 unspecified atom stereocenters. The summed E-state index contributed by atoms with van der Waals surface area (Å²) in [5.74, 6) is -3.44. The molecule has 3 heterocycles. The van der Waals surface area contributed by atoms with Crippen LogP contribution in [0.5, 0.6) is 5.75 Å². The third-order valence-corrected chi connectivity index (χ3v) is 4.77. The second kappa shape index (κ2) is 8.44. The predicted molar refractivity (Wildman–Crippen MR) is 108 cm³/mol. The largest absolute Gasteiger partial charge is 0.511 e. The van der Waals surface area contributed by atoms with Crippen molar-refractivity contribution in [3.05, 3.63) is 58.1 Å². The van der Waals surface area contributed by atoms with Crippen LogP contribution < -0.4 is 20.8 Å². The Labute approximate surface area is 179 Å². The highest BCUT2D eigenvalue weighted by molar-refractivity contribution is 5.85. The highest BCUT2D eigenvalue weighted by atomic mass is 35.5. The van der Waals surface area contributed by atoms with Crippen molar-refractivity contribution in [1.29, 1.82) is 0 Å². The van der Waals surface area contributed by atoms with Gasteiger partial charge < -0.3 is 20.5 Å². The van der Waals surface area contributed by atoms with Crippen LogP contribution in [0.2, 0.25) is 0 Å². The van der Waals surface area contributed by atoms with E-state index in [1.807, 2.05) is 0 Å². The molecule has 0 amide bonds. The highest BCUT2D eigenvalue weighted by Gasteiger charge is 2.26. The summed E-state index contributed by atoms with van der Waals surface area (Å²) in [6, 6.07) is 3.38. The lowest BCUT2D eigenvalue weighted by Crippen LogP contribution is -2.28. The first-order valence-electron chi connectivity index (χ1n) is 8.87. The third kappa shape index (κ3) is 4.14. The number of carboxylic acid groups (broad SMARTS) is 1. The van der Waals surface area contributed by atoms with Crippen molar-refractivity contribution in [3.63, 3.8) is 0 Å². The zero-order chi connectivity index (χ0) is 21.6. The van der Waals surface area contributed by atoms with E-state index in [0.717, 1.165) is 29.0 Å². The van der Waals surface area contributed by atoms with E-state index < -0.39 is 34.8 Å². The Morgan fingerprint density at radius 2 is 1.97 bits per heavy atom. The average molecular weight is 457 g/mol. The van der Waals surface area contributed by atoms with E-state index in [0.29, 0.717) is 25.6 Å². The topological polar surface area (TPSA) is 111 Å². The molecule has 0 radical (unpaired) electrons. The quantitative estimate of drug-likeness (QED) is 0.583. The number of benzene rings is 1. The molecular weight excluding hydrogens is 441 g/mol. The van der Waals surface area contributed by atoms with Crippen molar-refractivity contribution in [1.82, 2.24) is 9.55 Å². The summed E-state index contributed by atoms with van der Waals surface area (Å²) in [5, 5.41) is 8.55. The van der Waals surface area contributed by atoms with Gasteiger partial charge in [-0.05, 0) is 24.6 Å². The van der Waals surface area contributed by atoms with E-state index in [1.54, 1.807) is 4.90 Å². The molecule has 1 fully saturated rings. The molecule has 0 aliphatic carbocycles. The molecule has 1 aliphatic heterocycles. The lowest BCUT2D eigenvalue weighted by Gasteiger charge is -2.20. The van der Waals surface area contributed by atoms with Crippen molar-refractivity contribution >= 4 is 35.4 Å². The van der Waals surface area contributed by atoms with Crippen LogP contribution >= 0.6 is 12.4 Å². The second-order valence-electron chi connectivity index (χ2n) is 6.82. The molecule has 3 N–H and O–H groups in total. The van der Waals surface area contributed by atoms with Crippen molar-refractivity contribution in [3.8, 4) is 11.4 Å². The summed E-state index contributed by atoms with van der Waals surface area (Å²) in [7, 11) is 0. The molecule has 31 heavy (non-hydrogen) atoms. The number of ether oxygens (including phenoxy) is 1. The number of hydrogen-bond donors (Lipinski definition) is 2. The Balaban J connectivity index is 0.00000272. The van der Waals surface area contributed by atoms with Crippen molar-refractivity contribution < 1.29 is 27.8 Å². The van der Waals surface area contributed by atoms with Gasteiger partial charge in [0, 0.05) is 25.2 Å². The van der Waals surface area contributed by atoms with Crippen LogP contribution in [-0.2, 0) is 0 Å². The van der Waals surface area contributed by atoms with Gasteiger partial charge in [0.05, 0.1) is 17.3 Å². The number of carbonyl (C=O) groups is 1. The molecular formula is C19H16ClF3N4O4. The van der Waals surface area contributed by atoms with Gasteiger partial charge in [-0.1, -0.05) is 0 Å². The molecule has 12 heteroatoms. The van der Waals surface area contributed by atoms with E-state index in [4.69, 9.17) is 10.8 Å². The smallest absolute Gasteiger partial charge is 0.449 e. The summed E-state index contributed by atoms with van der Waals surface area (Å²) in [6.07, 6.45) is -0.252. The fraction of sp³-hybridized carbons (Fsp3) is 0.211. The maximum Gasteiger partial charge on any atom is 0.511 e. The van der Waals surface area contributed by atoms with Gasteiger partial charge in [0.15, 0.2) is 23.0 Å². The van der Waals surface area contributed by atoms with Gasteiger partial charge in [-0.3, -0.25) is 9.36 Å². The molecule has 0 saturated carbocycles. The zero-order valence-electron chi connectivity index (χ0n) is 15.7. The van der Waals surface area contributed by atoms with Crippen molar-refractivity contribution in [2.75, 3.05) is 18.0 Å². The van der Waals surface area contributed by atoms with Gasteiger partial charge in [0.25, 0.3) is 0 Å². The Morgan fingerprint density at radius 1 is 1.23 bits per heavy atom. The van der Waals surface area contributed by atoms with E-state index in [9.17, 15) is 22.8 Å². The van der Waals surface area contributed by atoms with Crippen molar-refractivity contribution in [2.24, 2.45) is 5.73 Å². The predicted octanol–water partition coefficient (Wildman–Crippen LogP) is 2.82. The van der Waals surface area contributed by atoms with Crippen LogP contribution in [0.15, 0.2) is 35.3 Å². The van der Waals surface area contributed by atoms with E-state index in [-0.39, 0.29) is 41.0 Å². The Kier molecular flexibility index (Phi) is 6.09. The monoisotopic (exact) mass is 456 g/mol. The van der Waals surface area contributed by atoms with Crippen LogP contribution in [-0.4, -0.2) is 39.9 Å². The molecule has 0 bridgehead atoms. The number of rotatable bonds is 3. The fourth-order valence-corrected chi connectivity index (χ4v) is 3.42. The van der Waals surface area contributed by atoms with Gasteiger partial charge >= 0.3 is 6.16 Å². The summed E-state index contributed by atoms with van der Waals surface area (Å²) in [4.78, 5) is 29.4. The summed E-state index contributed by atoms with van der Waals surface area (Å²) < 4.78 is 48.1. The number of halogens is 4. The number of aromatic nitrogens is 2. The van der Waals surface area contributed by atoms with E-state index in [2.05, 4.69) is 9.72 Å². The Hall–Kier alpha value is -3.31. The molecule has 4 rings (SSSR count). The Morgan fingerprint density at radius 3 is 2.58 bits per heavy atom. The number of fused-ring (bicyclic) bond motifs is 1. The summed E-state index contributed by atoms with van der Waals surface area (Å²) in [5.41, 5.74) is 4.53. The number of anilines is 1. The first-order chi connectivity index (χ1) is 14.2. The molecule has 8 nitrogen and oxygen atoms in total. The maximum atomic E-state index is 14.8.